The third-order valence-electron chi connectivity index (χ3n) is 4.04. The number of aliphatic hydroxyl groups excluding tert-OH is 2. The van der Waals surface area contributed by atoms with Gasteiger partial charge in [-0.05, 0) is 6.92 Å². The second kappa shape index (κ2) is 5.01. The Morgan fingerprint density at radius 2 is 2.32 bits per heavy atom. The second-order valence-electron chi connectivity index (χ2n) is 5.46. The van der Waals surface area contributed by atoms with Crippen molar-refractivity contribution in [1.82, 2.24) is 14.5 Å². The molecule has 1 fully saturated rings. The molecule has 3 rings (SSSR count). The molecule has 0 aromatic carbocycles. The molecule has 0 saturated carbocycles. The van der Waals surface area contributed by atoms with E-state index < -0.39 is 30.7 Å². The largest absolute Gasteiger partial charge is 0.394 e. The fourth-order valence-corrected chi connectivity index (χ4v) is 2.83. The maximum Gasteiger partial charge on any atom is 0.181 e. The first-order valence-electron chi connectivity index (χ1n) is 6.78. The summed E-state index contributed by atoms with van der Waals surface area (Å²) < 4.78 is 21.9. The monoisotopic (exact) mass is 308 g/mol. The van der Waals surface area contributed by atoms with Gasteiger partial charge >= 0.3 is 0 Å². The Balaban J connectivity index is 2.19. The molecule has 0 spiro atoms. The van der Waals surface area contributed by atoms with Gasteiger partial charge in [0.15, 0.2) is 11.9 Å². The van der Waals surface area contributed by atoms with Gasteiger partial charge in [-0.2, -0.15) is 0 Å². The van der Waals surface area contributed by atoms with Crippen molar-refractivity contribution in [2.75, 3.05) is 12.3 Å². The van der Waals surface area contributed by atoms with E-state index in [-0.39, 0.29) is 5.82 Å². The fraction of sp³-hybridized carbons (Fsp3) is 0.429. The van der Waals surface area contributed by atoms with E-state index in [4.69, 9.17) is 10.5 Å². The highest BCUT2D eigenvalue weighted by atomic mass is 19.1. The zero-order valence-corrected chi connectivity index (χ0v) is 12.0. The number of halogens is 1. The zero-order valence-electron chi connectivity index (χ0n) is 12.0. The van der Waals surface area contributed by atoms with E-state index in [0.29, 0.717) is 16.6 Å². The van der Waals surface area contributed by atoms with Crippen LogP contribution in [0.15, 0.2) is 19.1 Å². The Labute approximate surface area is 125 Å². The smallest absolute Gasteiger partial charge is 0.181 e. The first kappa shape index (κ1) is 14.9. The van der Waals surface area contributed by atoms with Gasteiger partial charge in [-0.25, -0.2) is 14.4 Å². The number of aliphatic hydroxyl groups is 2. The molecule has 0 bridgehead atoms. The SMILES string of the molecule is C=Cc1cn([C@@H]2O[C@H](CO)[C@@H](O)[C@@]2(C)F)c2ncnc(N)c12. The number of fused-ring (bicyclic) bond motifs is 1. The summed E-state index contributed by atoms with van der Waals surface area (Å²) in [5.74, 6) is 0.247. The van der Waals surface area contributed by atoms with Gasteiger partial charge in [0.1, 0.15) is 30.0 Å². The van der Waals surface area contributed by atoms with Gasteiger partial charge in [-0.1, -0.05) is 12.7 Å². The van der Waals surface area contributed by atoms with E-state index in [2.05, 4.69) is 16.5 Å². The Morgan fingerprint density at radius 3 is 2.91 bits per heavy atom. The Kier molecular flexibility index (Phi) is 3.39. The summed E-state index contributed by atoms with van der Waals surface area (Å²) >= 11 is 0. The van der Waals surface area contributed by atoms with Gasteiger partial charge in [0.2, 0.25) is 0 Å². The van der Waals surface area contributed by atoms with Crippen molar-refractivity contribution >= 4 is 22.9 Å². The zero-order chi connectivity index (χ0) is 16.1. The van der Waals surface area contributed by atoms with Crippen molar-refractivity contribution in [2.45, 2.75) is 31.0 Å². The van der Waals surface area contributed by atoms with Crippen molar-refractivity contribution in [3.05, 3.63) is 24.7 Å². The van der Waals surface area contributed by atoms with E-state index in [1.807, 2.05) is 0 Å². The van der Waals surface area contributed by atoms with Crippen LogP contribution in [0.4, 0.5) is 10.2 Å². The lowest BCUT2D eigenvalue weighted by Crippen LogP contribution is -2.40. The second-order valence-corrected chi connectivity index (χ2v) is 5.46. The molecule has 4 N–H and O–H groups in total. The van der Waals surface area contributed by atoms with Gasteiger partial charge in [-0.15, -0.1) is 0 Å². The van der Waals surface area contributed by atoms with Crippen LogP contribution < -0.4 is 5.73 Å². The average Bonchev–Trinajstić information content (AvgIpc) is 2.97. The van der Waals surface area contributed by atoms with Crippen LogP contribution >= 0.6 is 0 Å². The van der Waals surface area contributed by atoms with Crippen LogP contribution in [-0.2, 0) is 4.74 Å². The van der Waals surface area contributed by atoms with Crippen LogP contribution in [-0.4, -0.2) is 49.2 Å². The molecule has 118 valence electrons. The highest BCUT2D eigenvalue weighted by Gasteiger charge is 2.55. The number of nitrogens with zero attached hydrogens (tertiary/aromatic N) is 3. The van der Waals surface area contributed by atoms with Gasteiger partial charge in [0.25, 0.3) is 0 Å². The molecule has 22 heavy (non-hydrogen) atoms. The molecule has 0 aliphatic carbocycles. The van der Waals surface area contributed by atoms with Crippen molar-refractivity contribution in [2.24, 2.45) is 0 Å². The number of nitrogen functional groups attached to an aromatic ring is 1. The lowest BCUT2D eigenvalue weighted by Gasteiger charge is -2.25. The van der Waals surface area contributed by atoms with E-state index in [1.165, 1.54) is 17.8 Å². The predicted molar refractivity (Wildman–Crippen MR) is 78.5 cm³/mol. The van der Waals surface area contributed by atoms with Crippen LogP contribution in [0.25, 0.3) is 17.1 Å². The van der Waals surface area contributed by atoms with Gasteiger partial charge < -0.3 is 25.3 Å². The molecule has 0 unspecified atom stereocenters. The lowest BCUT2D eigenvalue weighted by molar-refractivity contribution is -0.0564. The molecule has 1 aliphatic rings. The lowest BCUT2D eigenvalue weighted by atomic mass is 9.98. The van der Waals surface area contributed by atoms with Crippen LogP contribution in [0.3, 0.4) is 0 Å². The van der Waals surface area contributed by atoms with E-state index in [0.717, 1.165) is 0 Å². The Morgan fingerprint density at radius 1 is 1.59 bits per heavy atom. The number of alkyl halides is 1. The summed E-state index contributed by atoms with van der Waals surface area (Å²) in [6.07, 6.45) is 0.812. The van der Waals surface area contributed by atoms with Crippen molar-refractivity contribution in [1.29, 1.82) is 0 Å². The molecule has 1 saturated heterocycles. The standard InChI is InChI=1S/C14H17FN4O3/c1-3-7-4-19(12-9(7)11(16)17-6-18-12)13-14(2,15)10(21)8(5-20)22-13/h3-4,6,8,10,13,20-21H,1,5H2,2H3,(H2,16,17,18)/t8-,10-,13-,14-/m1/s1. The Bertz CT molecular complexity index is 730. The summed E-state index contributed by atoms with van der Waals surface area (Å²) in [6, 6.07) is 0. The average molecular weight is 308 g/mol. The first-order valence-corrected chi connectivity index (χ1v) is 6.78. The molecule has 1 aliphatic heterocycles. The predicted octanol–water partition coefficient (Wildman–Crippen LogP) is 0.635. The number of ether oxygens (including phenoxy) is 1. The minimum Gasteiger partial charge on any atom is -0.394 e. The summed E-state index contributed by atoms with van der Waals surface area (Å²) in [5.41, 5.74) is 4.77. The molecule has 3 heterocycles. The van der Waals surface area contributed by atoms with Gasteiger partial charge in [-0.3, -0.25) is 0 Å². The molecular formula is C14H17FN4O3. The molecule has 2 aromatic heterocycles. The summed E-state index contributed by atoms with van der Waals surface area (Å²) in [5, 5.41) is 19.7. The van der Waals surface area contributed by atoms with Crippen LogP contribution in [0.1, 0.15) is 18.7 Å². The number of rotatable bonds is 3. The van der Waals surface area contributed by atoms with Crippen molar-refractivity contribution in [3.63, 3.8) is 0 Å². The summed E-state index contributed by atoms with van der Waals surface area (Å²) in [4.78, 5) is 8.05. The maximum atomic E-state index is 14.9. The number of hydrogen-bond donors (Lipinski definition) is 3. The number of hydrogen-bond acceptors (Lipinski definition) is 6. The third-order valence-corrected chi connectivity index (χ3v) is 4.04. The van der Waals surface area contributed by atoms with Crippen LogP contribution in [0.5, 0.6) is 0 Å². The van der Waals surface area contributed by atoms with E-state index in [9.17, 15) is 14.6 Å². The van der Waals surface area contributed by atoms with Crippen molar-refractivity contribution in [3.8, 4) is 0 Å². The number of anilines is 1. The van der Waals surface area contributed by atoms with Gasteiger partial charge in [0, 0.05) is 11.8 Å². The highest BCUT2D eigenvalue weighted by Crippen LogP contribution is 2.43. The summed E-state index contributed by atoms with van der Waals surface area (Å²) in [7, 11) is 0. The van der Waals surface area contributed by atoms with E-state index >= 15 is 0 Å². The van der Waals surface area contributed by atoms with Crippen LogP contribution in [0, 0.1) is 0 Å². The fourth-order valence-electron chi connectivity index (χ4n) is 2.83. The normalized spacial score (nSPS) is 31.7. The Hall–Kier alpha value is -2.03. The third kappa shape index (κ3) is 1.92. The quantitative estimate of drug-likeness (QED) is 0.768. The number of nitrogens with two attached hydrogens (primary N) is 1. The summed E-state index contributed by atoms with van der Waals surface area (Å²) in [6.45, 7) is 4.44. The number of aromatic nitrogens is 3. The molecule has 4 atom stereocenters. The molecule has 2 aromatic rings. The topological polar surface area (TPSA) is 106 Å². The molecular weight excluding hydrogens is 291 g/mol. The highest BCUT2D eigenvalue weighted by molar-refractivity contribution is 5.94. The van der Waals surface area contributed by atoms with E-state index in [1.54, 1.807) is 12.3 Å². The minimum atomic E-state index is -2.10. The van der Waals surface area contributed by atoms with Gasteiger partial charge in [0.05, 0.1) is 12.0 Å². The van der Waals surface area contributed by atoms with Crippen molar-refractivity contribution < 1.29 is 19.3 Å². The first-order chi connectivity index (χ1) is 10.4. The van der Waals surface area contributed by atoms with Crippen LogP contribution in [0.2, 0.25) is 0 Å². The molecule has 0 amide bonds. The molecule has 7 nitrogen and oxygen atoms in total. The molecule has 8 heteroatoms. The minimum absolute atomic E-state index is 0.247. The molecule has 0 radical (unpaired) electrons. The maximum absolute atomic E-state index is 14.9.